The molecule has 0 atom stereocenters. The highest BCUT2D eigenvalue weighted by Gasteiger charge is 2.19. The molecular weight excluding hydrogens is 274 g/mol. The summed E-state index contributed by atoms with van der Waals surface area (Å²) in [4.78, 5) is 32.3. The topological polar surface area (TPSA) is 64.8 Å². The van der Waals surface area contributed by atoms with Gasteiger partial charge in [0.2, 0.25) is 5.78 Å². The third-order valence-corrected chi connectivity index (χ3v) is 4.00. The van der Waals surface area contributed by atoms with Gasteiger partial charge in [-0.05, 0) is 12.1 Å². The molecule has 0 unspecified atom stereocenters. The van der Waals surface area contributed by atoms with Crippen LogP contribution in [0.3, 0.4) is 0 Å². The fraction of sp³-hybridized carbons (Fsp3) is 0.143. The van der Waals surface area contributed by atoms with Crippen LogP contribution in [0.25, 0.3) is 10.2 Å². The van der Waals surface area contributed by atoms with Crippen LogP contribution in [0, 0.1) is 0 Å². The summed E-state index contributed by atoms with van der Waals surface area (Å²) in [5.74, 6) is -0.264. The van der Waals surface area contributed by atoms with E-state index in [4.69, 9.17) is 0 Å². The Morgan fingerprint density at radius 3 is 2.75 bits per heavy atom. The second-order valence-electron chi connectivity index (χ2n) is 4.37. The second kappa shape index (κ2) is 4.97. The van der Waals surface area contributed by atoms with Crippen LogP contribution in [-0.4, -0.2) is 26.1 Å². The number of hydrogen-bond acceptors (Lipinski definition) is 5. The number of aryl methyl sites for hydroxylation is 1. The molecular formula is C14H11N3O2S. The Bertz CT molecular complexity index is 770. The van der Waals surface area contributed by atoms with Crippen molar-refractivity contribution >= 4 is 33.1 Å². The van der Waals surface area contributed by atoms with Gasteiger partial charge in [-0.1, -0.05) is 12.1 Å². The molecule has 0 saturated heterocycles. The number of carbonyl (C=O) groups excluding carboxylic acids is 2. The van der Waals surface area contributed by atoms with E-state index in [2.05, 4.69) is 9.97 Å². The minimum Gasteiger partial charge on any atom is -0.332 e. The minimum atomic E-state index is -0.290. The van der Waals surface area contributed by atoms with Gasteiger partial charge in [0, 0.05) is 19.4 Å². The molecule has 0 saturated carbocycles. The highest BCUT2D eigenvalue weighted by Crippen LogP contribution is 2.22. The summed E-state index contributed by atoms with van der Waals surface area (Å²) in [6.45, 7) is 0. The summed E-state index contributed by atoms with van der Waals surface area (Å²) in [7, 11) is 1.72. The number of fused-ring (bicyclic) bond motifs is 1. The summed E-state index contributed by atoms with van der Waals surface area (Å²) in [5, 5.41) is 0.369. The number of hydrogen-bond donors (Lipinski definition) is 0. The maximum atomic E-state index is 12.1. The fourth-order valence-electron chi connectivity index (χ4n) is 1.93. The predicted octanol–water partition coefficient (Wildman–Crippen LogP) is 2.49. The molecule has 2 heterocycles. The van der Waals surface area contributed by atoms with E-state index in [9.17, 15) is 9.59 Å². The molecule has 3 aromatic rings. The van der Waals surface area contributed by atoms with Crippen molar-refractivity contribution in [1.82, 2.24) is 14.5 Å². The van der Waals surface area contributed by atoms with Gasteiger partial charge in [0.05, 0.1) is 16.6 Å². The van der Waals surface area contributed by atoms with Crippen molar-refractivity contribution in [3.63, 3.8) is 0 Å². The minimum absolute atomic E-state index is 0.204. The third kappa shape index (κ3) is 2.25. The van der Waals surface area contributed by atoms with E-state index >= 15 is 0 Å². The Balaban J connectivity index is 1.82. The number of ketones is 2. The predicted molar refractivity (Wildman–Crippen MR) is 76.1 cm³/mol. The van der Waals surface area contributed by atoms with Gasteiger partial charge in [-0.3, -0.25) is 9.59 Å². The molecule has 2 aromatic heterocycles. The van der Waals surface area contributed by atoms with E-state index in [1.54, 1.807) is 17.8 Å². The van der Waals surface area contributed by atoms with Gasteiger partial charge in [0.1, 0.15) is 0 Å². The second-order valence-corrected chi connectivity index (χ2v) is 5.40. The molecule has 5 nitrogen and oxygen atoms in total. The largest absolute Gasteiger partial charge is 0.332 e. The lowest BCUT2D eigenvalue weighted by atomic mass is 10.2. The van der Waals surface area contributed by atoms with E-state index in [1.165, 1.54) is 17.5 Å². The van der Waals surface area contributed by atoms with E-state index in [0.717, 1.165) is 10.2 Å². The average Bonchev–Trinajstić information content (AvgIpc) is 3.04. The molecule has 0 aliphatic carbocycles. The molecule has 0 aliphatic rings. The zero-order valence-electron chi connectivity index (χ0n) is 10.7. The average molecular weight is 285 g/mol. The number of rotatable bonds is 4. The number of aromatic nitrogens is 3. The molecule has 0 radical (unpaired) electrons. The lowest BCUT2D eigenvalue weighted by molar-refractivity contribution is 0.0886. The molecule has 6 heteroatoms. The van der Waals surface area contributed by atoms with Crippen molar-refractivity contribution in [3.05, 3.63) is 47.5 Å². The highest BCUT2D eigenvalue weighted by atomic mass is 32.1. The first kappa shape index (κ1) is 12.7. The summed E-state index contributed by atoms with van der Waals surface area (Å²) in [6, 6.07) is 7.52. The number of imidazole rings is 1. The maximum Gasteiger partial charge on any atom is 0.206 e. The van der Waals surface area contributed by atoms with Gasteiger partial charge in [-0.15, -0.1) is 11.3 Å². The first-order valence-corrected chi connectivity index (χ1v) is 6.86. The van der Waals surface area contributed by atoms with Gasteiger partial charge < -0.3 is 4.57 Å². The standard InChI is InChI=1S/C14H11N3O2S/c1-17-7-6-15-13(17)10(18)8-11(19)14-16-9-4-2-3-5-12(9)20-14/h2-7H,8H2,1H3. The lowest BCUT2D eigenvalue weighted by Gasteiger charge is -1.98. The van der Waals surface area contributed by atoms with Gasteiger partial charge in [0.15, 0.2) is 16.6 Å². The number of carbonyl (C=O) groups is 2. The van der Waals surface area contributed by atoms with Crippen molar-refractivity contribution in [1.29, 1.82) is 0 Å². The van der Waals surface area contributed by atoms with Gasteiger partial charge >= 0.3 is 0 Å². The molecule has 0 amide bonds. The Hall–Kier alpha value is -2.34. The van der Waals surface area contributed by atoms with E-state index in [-0.39, 0.29) is 18.0 Å². The number of thiazole rings is 1. The van der Waals surface area contributed by atoms with Crippen LogP contribution in [-0.2, 0) is 7.05 Å². The van der Waals surface area contributed by atoms with Crippen LogP contribution in [0.15, 0.2) is 36.7 Å². The molecule has 0 bridgehead atoms. The van der Waals surface area contributed by atoms with Crippen LogP contribution in [0.5, 0.6) is 0 Å². The lowest BCUT2D eigenvalue weighted by Crippen LogP contribution is -2.12. The Morgan fingerprint density at radius 1 is 1.25 bits per heavy atom. The molecule has 20 heavy (non-hydrogen) atoms. The van der Waals surface area contributed by atoms with E-state index in [0.29, 0.717) is 10.8 Å². The monoisotopic (exact) mass is 285 g/mol. The number of nitrogens with zero attached hydrogens (tertiary/aromatic N) is 3. The summed E-state index contributed by atoms with van der Waals surface area (Å²) in [5.41, 5.74) is 0.783. The summed E-state index contributed by atoms with van der Waals surface area (Å²) in [6.07, 6.45) is 3.01. The van der Waals surface area contributed by atoms with Gasteiger partial charge in [-0.25, -0.2) is 9.97 Å². The van der Waals surface area contributed by atoms with Crippen LogP contribution in [0.4, 0.5) is 0 Å². The number of benzene rings is 1. The zero-order chi connectivity index (χ0) is 14.1. The van der Waals surface area contributed by atoms with Crippen molar-refractivity contribution in [3.8, 4) is 0 Å². The van der Waals surface area contributed by atoms with E-state index < -0.39 is 0 Å². The third-order valence-electron chi connectivity index (χ3n) is 2.92. The smallest absolute Gasteiger partial charge is 0.206 e. The SMILES string of the molecule is Cn1ccnc1C(=O)CC(=O)c1nc2ccccc2s1. The van der Waals surface area contributed by atoms with Crippen LogP contribution in [0.2, 0.25) is 0 Å². The number of Topliss-reactive ketones (excluding diaryl/α,β-unsaturated/α-hetero) is 2. The molecule has 0 spiro atoms. The molecule has 100 valence electrons. The first-order valence-electron chi connectivity index (χ1n) is 6.04. The highest BCUT2D eigenvalue weighted by molar-refractivity contribution is 7.20. The van der Waals surface area contributed by atoms with Crippen LogP contribution in [0.1, 0.15) is 26.8 Å². The van der Waals surface area contributed by atoms with E-state index in [1.807, 2.05) is 24.3 Å². The Morgan fingerprint density at radius 2 is 2.05 bits per heavy atom. The number of para-hydroxylation sites is 1. The molecule has 0 fully saturated rings. The maximum absolute atomic E-state index is 12.1. The quantitative estimate of drug-likeness (QED) is 0.545. The van der Waals surface area contributed by atoms with Gasteiger partial charge in [-0.2, -0.15) is 0 Å². The summed E-state index contributed by atoms with van der Waals surface area (Å²) < 4.78 is 2.55. The Labute approximate surface area is 118 Å². The van der Waals surface area contributed by atoms with Crippen molar-refractivity contribution in [2.75, 3.05) is 0 Å². The van der Waals surface area contributed by atoms with Crippen molar-refractivity contribution in [2.45, 2.75) is 6.42 Å². The zero-order valence-corrected chi connectivity index (χ0v) is 11.6. The Kier molecular flexibility index (Phi) is 3.15. The first-order chi connectivity index (χ1) is 9.65. The molecule has 0 N–H and O–H groups in total. The fourth-order valence-corrected chi connectivity index (χ4v) is 2.83. The summed E-state index contributed by atoms with van der Waals surface area (Å²) >= 11 is 1.31. The van der Waals surface area contributed by atoms with Gasteiger partial charge in [0.25, 0.3) is 0 Å². The molecule has 1 aromatic carbocycles. The van der Waals surface area contributed by atoms with Crippen LogP contribution < -0.4 is 0 Å². The molecule has 3 rings (SSSR count). The molecule has 0 aliphatic heterocycles. The van der Waals surface area contributed by atoms with Crippen molar-refractivity contribution in [2.24, 2.45) is 7.05 Å². The van der Waals surface area contributed by atoms with Crippen molar-refractivity contribution < 1.29 is 9.59 Å². The normalized spacial score (nSPS) is 10.8. The van der Waals surface area contributed by atoms with Crippen LogP contribution >= 0.6 is 11.3 Å².